The third-order valence-corrected chi connectivity index (χ3v) is 6.12. The number of fused-ring (bicyclic) bond motifs is 1. The molecule has 10 heteroatoms. The van der Waals surface area contributed by atoms with Crippen LogP contribution in [0.1, 0.15) is 41.4 Å². The van der Waals surface area contributed by atoms with Crippen molar-refractivity contribution in [3.63, 3.8) is 0 Å². The molecule has 3 aromatic heterocycles. The van der Waals surface area contributed by atoms with E-state index < -0.39 is 0 Å². The van der Waals surface area contributed by atoms with E-state index in [0.29, 0.717) is 43.0 Å². The quantitative estimate of drug-likeness (QED) is 0.390. The number of benzene rings is 1. The molecule has 180 valence electrons. The lowest BCUT2D eigenvalue weighted by atomic mass is 10.1. The van der Waals surface area contributed by atoms with Crippen molar-refractivity contribution < 1.29 is 18.7 Å². The molecule has 1 aromatic carbocycles. The molecule has 1 aliphatic rings. The number of nitrogens with one attached hydrogen (secondary N) is 2. The molecule has 4 heterocycles. The number of pyridine rings is 1. The highest BCUT2D eigenvalue weighted by Crippen LogP contribution is 2.34. The van der Waals surface area contributed by atoms with Gasteiger partial charge >= 0.3 is 5.97 Å². The molecule has 1 unspecified atom stereocenters. The van der Waals surface area contributed by atoms with Crippen molar-refractivity contribution in [2.75, 3.05) is 11.9 Å². The molecule has 4 aromatic rings. The molecule has 0 spiro atoms. The van der Waals surface area contributed by atoms with Crippen molar-refractivity contribution in [1.29, 1.82) is 0 Å². The lowest BCUT2D eigenvalue weighted by Gasteiger charge is -2.24. The van der Waals surface area contributed by atoms with Gasteiger partial charge in [-0.25, -0.2) is 14.6 Å². The number of ether oxygens (including phenoxy) is 1. The fourth-order valence-corrected chi connectivity index (χ4v) is 4.16. The third kappa shape index (κ3) is 4.59. The van der Waals surface area contributed by atoms with E-state index in [-0.39, 0.29) is 35.9 Å². The van der Waals surface area contributed by atoms with Crippen LogP contribution in [0.15, 0.2) is 47.3 Å². The van der Waals surface area contributed by atoms with Gasteiger partial charge in [0, 0.05) is 31.7 Å². The average Bonchev–Trinajstić information content (AvgIpc) is 3.51. The van der Waals surface area contributed by atoms with Crippen LogP contribution in [-0.2, 0) is 22.6 Å². The number of rotatable bonds is 7. The number of aromatic nitrogens is 4. The summed E-state index contributed by atoms with van der Waals surface area (Å²) in [4.78, 5) is 33.6. The van der Waals surface area contributed by atoms with E-state index in [1.165, 1.54) is 6.26 Å². The van der Waals surface area contributed by atoms with Crippen molar-refractivity contribution in [1.82, 2.24) is 25.1 Å². The Morgan fingerprint density at radius 2 is 2.11 bits per heavy atom. The zero-order chi connectivity index (χ0) is 24.4. The minimum atomic E-state index is -0.333. The summed E-state index contributed by atoms with van der Waals surface area (Å²) >= 11 is 0. The first-order chi connectivity index (χ1) is 17.0. The van der Waals surface area contributed by atoms with Crippen LogP contribution in [0.2, 0.25) is 0 Å². The predicted molar refractivity (Wildman–Crippen MR) is 129 cm³/mol. The van der Waals surface area contributed by atoms with Gasteiger partial charge in [-0.2, -0.15) is 5.10 Å². The van der Waals surface area contributed by atoms with Crippen molar-refractivity contribution in [2.45, 2.75) is 45.8 Å². The maximum Gasteiger partial charge on any atom is 0.307 e. The van der Waals surface area contributed by atoms with E-state index in [4.69, 9.17) is 9.15 Å². The highest BCUT2D eigenvalue weighted by Gasteiger charge is 2.25. The summed E-state index contributed by atoms with van der Waals surface area (Å²) in [5.41, 5.74) is 4.31. The highest BCUT2D eigenvalue weighted by molar-refractivity contribution is 5.98. The molecule has 0 saturated carbocycles. The monoisotopic (exact) mass is 474 g/mol. The fraction of sp³-hybridized carbons (Fsp3) is 0.320. The third-order valence-electron chi connectivity index (χ3n) is 6.12. The number of oxazole rings is 1. The van der Waals surface area contributed by atoms with Gasteiger partial charge in [-0.15, -0.1) is 0 Å². The average molecular weight is 475 g/mol. The van der Waals surface area contributed by atoms with Gasteiger partial charge in [-0.1, -0.05) is 24.3 Å². The molecule has 1 fully saturated rings. The molecular formula is C25H26N6O4. The van der Waals surface area contributed by atoms with E-state index in [1.807, 2.05) is 38.1 Å². The molecule has 0 bridgehead atoms. The fourth-order valence-electron chi connectivity index (χ4n) is 4.16. The number of esters is 1. The molecule has 10 nitrogen and oxygen atoms in total. The van der Waals surface area contributed by atoms with Gasteiger partial charge in [0.15, 0.2) is 11.3 Å². The SMILES string of the molecule is CCn1ncc2c(NC3CCOC(=O)C3)c(-c3nc(C(=O)NCc4ccccc4C)co3)cnc21. The Morgan fingerprint density at radius 1 is 1.26 bits per heavy atom. The van der Waals surface area contributed by atoms with Crippen LogP contribution < -0.4 is 10.6 Å². The second-order valence-corrected chi connectivity index (χ2v) is 8.45. The molecule has 2 N–H and O–H groups in total. The highest BCUT2D eigenvalue weighted by atomic mass is 16.5. The van der Waals surface area contributed by atoms with Gasteiger partial charge in [0.05, 0.1) is 35.9 Å². The second-order valence-electron chi connectivity index (χ2n) is 8.45. The smallest absolute Gasteiger partial charge is 0.307 e. The maximum absolute atomic E-state index is 12.7. The van der Waals surface area contributed by atoms with E-state index >= 15 is 0 Å². The Hall–Kier alpha value is -4.21. The number of cyclic esters (lactones) is 1. The number of hydrogen-bond acceptors (Lipinski definition) is 8. The van der Waals surface area contributed by atoms with Gasteiger partial charge in [0.1, 0.15) is 6.26 Å². The lowest BCUT2D eigenvalue weighted by Crippen LogP contribution is -2.31. The lowest BCUT2D eigenvalue weighted by molar-refractivity contribution is -0.147. The zero-order valence-corrected chi connectivity index (χ0v) is 19.6. The van der Waals surface area contributed by atoms with E-state index in [9.17, 15) is 9.59 Å². The van der Waals surface area contributed by atoms with Crippen LogP contribution in [0.3, 0.4) is 0 Å². The zero-order valence-electron chi connectivity index (χ0n) is 19.6. The summed E-state index contributed by atoms with van der Waals surface area (Å²) in [7, 11) is 0. The largest absolute Gasteiger partial charge is 0.466 e. The van der Waals surface area contributed by atoms with E-state index in [1.54, 1.807) is 17.1 Å². The van der Waals surface area contributed by atoms with Crippen LogP contribution in [0.5, 0.6) is 0 Å². The minimum Gasteiger partial charge on any atom is -0.466 e. The Kier molecular flexibility index (Phi) is 6.17. The first-order valence-corrected chi connectivity index (χ1v) is 11.6. The molecule has 5 rings (SSSR count). The number of amides is 1. The molecule has 35 heavy (non-hydrogen) atoms. The summed E-state index contributed by atoms with van der Waals surface area (Å²) in [5.74, 6) is -0.320. The van der Waals surface area contributed by atoms with E-state index in [2.05, 4.69) is 25.7 Å². The van der Waals surface area contributed by atoms with Crippen LogP contribution >= 0.6 is 0 Å². The second kappa shape index (κ2) is 9.57. The van der Waals surface area contributed by atoms with Crippen molar-refractivity contribution in [3.05, 3.63) is 59.7 Å². The number of carbonyl (C=O) groups excluding carboxylic acids is 2. The molecule has 1 amide bonds. The van der Waals surface area contributed by atoms with Crippen molar-refractivity contribution in [3.8, 4) is 11.5 Å². The summed E-state index contributed by atoms with van der Waals surface area (Å²) in [6, 6.07) is 7.76. The number of hydrogen-bond donors (Lipinski definition) is 2. The normalized spacial score (nSPS) is 15.7. The molecule has 0 aliphatic carbocycles. The summed E-state index contributed by atoms with van der Waals surface area (Å²) in [5, 5.41) is 11.5. The topological polar surface area (TPSA) is 124 Å². The Bertz CT molecular complexity index is 1390. The number of aryl methyl sites for hydroxylation is 2. The van der Waals surface area contributed by atoms with Gasteiger partial charge in [-0.05, 0) is 25.0 Å². The van der Waals surface area contributed by atoms with Gasteiger partial charge in [-0.3, -0.25) is 9.59 Å². The molecule has 1 atom stereocenters. The number of nitrogens with zero attached hydrogens (tertiary/aromatic N) is 4. The Balaban J connectivity index is 1.43. The van der Waals surface area contributed by atoms with Crippen LogP contribution in [0.4, 0.5) is 5.69 Å². The molecule has 1 aliphatic heterocycles. The molecular weight excluding hydrogens is 448 g/mol. The summed E-state index contributed by atoms with van der Waals surface area (Å²) in [6.07, 6.45) is 5.65. The van der Waals surface area contributed by atoms with Crippen LogP contribution in [0.25, 0.3) is 22.5 Å². The predicted octanol–water partition coefficient (Wildman–Crippen LogP) is 3.46. The molecule has 0 radical (unpaired) electrons. The number of anilines is 1. The summed E-state index contributed by atoms with van der Waals surface area (Å²) < 4.78 is 12.6. The van der Waals surface area contributed by atoms with Crippen LogP contribution in [-0.4, -0.2) is 44.3 Å². The number of carbonyl (C=O) groups is 2. The summed E-state index contributed by atoms with van der Waals surface area (Å²) in [6.45, 7) is 5.40. The minimum absolute atomic E-state index is 0.114. The van der Waals surface area contributed by atoms with Crippen LogP contribution in [0, 0.1) is 6.92 Å². The van der Waals surface area contributed by atoms with Gasteiger partial charge in [0.2, 0.25) is 5.89 Å². The Morgan fingerprint density at radius 3 is 2.91 bits per heavy atom. The maximum atomic E-state index is 12.7. The first-order valence-electron chi connectivity index (χ1n) is 11.6. The van der Waals surface area contributed by atoms with Crippen molar-refractivity contribution in [2.24, 2.45) is 0 Å². The Labute approximate surface area is 201 Å². The first kappa shape index (κ1) is 22.6. The van der Waals surface area contributed by atoms with Gasteiger partial charge < -0.3 is 19.8 Å². The van der Waals surface area contributed by atoms with Gasteiger partial charge in [0.25, 0.3) is 5.91 Å². The molecule has 1 saturated heterocycles. The standard InChI is InChI=1S/C25H26N6O4/c1-3-31-23-18(13-28-31)22(29-17-8-9-34-21(32)10-17)19(12-26-23)25-30-20(14-35-25)24(33)27-11-16-7-5-4-6-15(16)2/h4-7,12-14,17H,3,8-11H2,1-2H3,(H,26,29)(H,27,33). The van der Waals surface area contributed by atoms with Crippen molar-refractivity contribution >= 4 is 28.6 Å². The van der Waals surface area contributed by atoms with E-state index in [0.717, 1.165) is 16.5 Å².